The molecule has 0 spiro atoms. The first-order valence-electron chi connectivity index (χ1n) is 7.41. The lowest BCUT2D eigenvalue weighted by Crippen LogP contribution is -2.34. The summed E-state index contributed by atoms with van der Waals surface area (Å²) in [6, 6.07) is 5.59. The van der Waals surface area contributed by atoms with Crippen LogP contribution < -0.4 is 4.74 Å². The molecule has 0 bridgehead atoms. The van der Waals surface area contributed by atoms with Crippen LogP contribution in [-0.2, 0) is 4.79 Å². The third kappa shape index (κ3) is 4.42. The van der Waals surface area contributed by atoms with Gasteiger partial charge in [0.2, 0.25) is 0 Å². The Bertz CT molecular complexity index is 493. The molecular formula is C16H23FN2O3. The monoisotopic (exact) mass is 310 g/mol. The summed E-state index contributed by atoms with van der Waals surface area (Å²) in [5.41, 5.74) is 0. The molecule has 0 saturated carbocycles. The van der Waals surface area contributed by atoms with E-state index < -0.39 is 0 Å². The minimum atomic E-state index is -0.337. The number of rotatable bonds is 6. The third-order valence-electron chi connectivity index (χ3n) is 3.94. The van der Waals surface area contributed by atoms with E-state index in [4.69, 9.17) is 4.74 Å². The molecule has 2 rings (SSSR count). The minimum Gasteiger partial charge on any atom is -0.484 e. The van der Waals surface area contributed by atoms with E-state index in [-0.39, 0.29) is 36.8 Å². The van der Waals surface area contributed by atoms with E-state index >= 15 is 0 Å². The molecule has 0 radical (unpaired) electrons. The van der Waals surface area contributed by atoms with Crippen molar-refractivity contribution in [1.82, 2.24) is 9.80 Å². The maximum atomic E-state index is 12.8. The van der Waals surface area contributed by atoms with Crippen LogP contribution in [0.3, 0.4) is 0 Å². The summed E-state index contributed by atoms with van der Waals surface area (Å²) >= 11 is 0. The molecule has 1 amide bonds. The summed E-state index contributed by atoms with van der Waals surface area (Å²) < 4.78 is 18.2. The first-order valence-corrected chi connectivity index (χ1v) is 7.41. The maximum absolute atomic E-state index is 12.8. The van der Waals surface area contributed by atoms with Crippen molar-refractivity contribution < 1.29 is 19.0 Å². The highest BCUT2D eigenvalue weighted by Gasteiger charge is 2.34. The predicted molar refractivity (Wildman–Crippen MR) is 81.1 cm³/mol. The average molecular weight is 310 g/mol. The molecule has 1 saturated heterocycles. The van der Waals surface area contributed by atoms with Gasteiger partial charge in [-0.3, -0.25) is 4.79 Å². The van der Waals surface area contributed by atoms with Crippen LogP contribution in [-0.4, -0.2) is 67.8 Å². The quantitative estimate of drug-likeness (QED) is 0.846. The average Bonchev–Trinajstić information content (AvgIpc) is 2.88. The molecule has 5 nitrogen and oxygen atoms in total. The van der Waals surface area contributed by atoms with Gasteiger partial charge in [0.1, 0.15) is 11.6 Å². The van der Waals surface area contributed by atoms with Crippen LogP contribution in [0.2, 0.25) is 0 Å². The van der Waals surface area contributed by atoms with E-state index in [0.717, 1.165) is 6.54 Å². The Morgan fingerprint density at radius 3 is 2.55 bits per heavy atom. The zero-order chi connectivity index (χ0) is 16.1. The molecule has 1 aromatic rings. The third-order valence-corrected chi connectivity index (χ3v) is 3.94. The second kappa shape index (κ2) is 7.56. The Kier molecular flexibility index (Phi) is 5.74. The maximum Gasteiger partial charge on any atom is 0.260 e. The van der Waals surface area contributed by atoms with E-state index in [2.05, 4.69) is 4.90 Å². The van der Waals surface area contributed by atoms with Gasteiger partial charge in [-0.15, -0.1) is 0 Å². The molecule has 1 aliphatic heterocycles. The number of halogens is 1. The predicted octanol–water partition coefficient (Wildman–Crippen LogP) is 0.833. The number of ether oxygens (including phenoxy) is 1. The van der Waals surface area contributed by atoms with Crippen molar-refractivity contribution in [2.45, 2.75) is 0 Å². The van der Waals surface area contributed by atoms with Crippen molar-refractivity contribution in [3.8, 4) is 5.75 Å². The topological polar surface area (TPSA) is 53.0 Å². The number of likely N-dealkylation sites (tertiary alicyclic amines) is 1. The highest BCUT2D eigenvalue weighted by molar-refractivity contribution is 5.78. The van der Waals surface area contributed by atoms with E-state index in [1.54, 1.807) is 4.90 Å². The first-order chi connectivity index (χ1) is 10.5. The number of amides is 1. The molecule has 2 atom stereocenters. The van der Waals surface area contributed by atoms with Crippen molar-refractivity contribution in [3.05, 3.63) is 30.1 Å². The number of carbonyl (C=O) groups excluding carboxylic acids is 1. The molecular weight excluding hydrogens is 287 g/mol. The van der Waals surface area contributed by atoms with Gasteiger partial charge in [-0.05, 0) is 44.3 Å². The number of nitrogens with zero attached hydrogens (tertiary/aromatic N) is 2. The number of aliphatic hydroxyl groups excluding tert-OH is 1. The first kappa shape index (κ1) is 16.7. The second-order valence-corrected chi connectivity index (χ2v) is 6.01. The highest BCUT2D eigenvalue weighted by atomic mass is 19.1. The van der Waals surface area contributed by atoms with Crippen molar-refractivity contribution in [2.24, 2.45) is 11.8 Å². The summed E-state index contributed by atoms with van der Waals surface area (Å²) in [4.78, 5) is 16.0. The summed E-state index contributed by atoms with van der Waals surface area (Å²) in [5, 5.41) is 9.46. The van der Waals surface area contributed by atoms with Gasteiger partial charge in [-0.25, -0.2) is 4.39 Å². The Balaban J connectivity index is 1.86. The lowest BCUT2D eigenvalue weighted by molar-refractivity contribution is -0.132. The summed E-state index contributed by atoms with van der Waals surface area (Å²) in [5.74, 6) is 0.406. The van der Waals surface area contributed by atoms with E-state index in [0.29, 0.717) is 18.8 Å². The largest absolute Gasteiger partial charge is 0.484 e. The Labute approximate surface area is 130 Å². The molecule has 22 heavy (non-hydrogen) atoms. The molecule has 0 unspecified atom stereocenters. The highest BCUT2D eigenvalue weighted by Crippen LogP contribution is 2.24. The van der Waals surface area contributed by atoms with E-state index in [1.165, 1.54) is 24.3 Å². The molecule has 122 valence electrons. The lowest BCUT2D eigenvalue weighted by atomic mass is 9.97. The van der Waals surface area contributed by atoms with Crippen LogP contribution in [0.1, 0.15) is 0 Å². The van der Waals surface area contributed by atoms with E-state index in [1.807, 2.05) is 14.1 Å². The summed E-state index contributed by atoms with van der Waals surface area (Å²) in [7, 11) is 3.97. The molecule has 1 fully saturated rings. The van der Waals surface area contributed by atoms with Gasteiger partial charge in [-0.2, -0.15) is 0 Å². The van der Waals surface area contributed by atoms with Crippen LogP contribution in [0, 0.1) is 17.7 Å². The molecule has 6 heteroatoms. The number of aliphatic hydroxyl groups is 1. The summed E-state index contributed by atoms with van der Waals surface area (Å²) in [6.45, 7) is 2.04. The summed E-state index contributed by atoms with van der Waals surface area (Å²) in [6.07, 6.45) is 0. The number of hydrogen-bond donors (Lipinski definition) is 1. The van der Waals surface area contributed by atoms with Crippen LogP contribution >= 0.6 is 0 Å². The zero-order valence-corrected chi connectivity index (χ0v) is 13.0. The molecule has 0 aliphatic carbocycles. The van der Waals surface area contributed by atoms with Gasteiger partial charge in [0.05, 0.1) is 0 Å². The normalized spacial score (nSPS) is 21.4. The molecule has 1 aliphatic rings. The standard InChI is InChI=1S/C16H23FN2O3/c1-18(2)7-12-8-19(9-13(12)10-20)16(21)11-22-15-5-3-14(17)4-6-15/h3-6,12-13,20H,7-11H2,1-2H3/t12-,13-/m1/s1. The van der Waals surface area contributed by atoms with Crippen LogP contribution in [0.4, 0.5) is 4.39 Å². The van der Waals surface area contributed by atoms with Crippen molar-refractivity contribution in [1.29, 1.82) is 0 Å². The van der Waals surface area contributed by atoms with Gasteiger partial charge >= 0.3 is 0 Å². The number of carbonyl (C=O) groups is 1. The van der Waals surface area contributed by atoms with Crippen LogP contribution in [0.25, 0.3) is 0 Å². The number of hydrogen-bond acceptors (Lipinski definition) is 4. The van der Waals surface area contributed by atoms with Gasteiger partial charge in [-0.1, -0.05) is 0 Å². The van der Waals surface area contributed by atoms with Crippen LogP contribution in [0.5, 0.6) is 5.75 Å². The fraction of sp³-hybridized carbons (Fsp3) is 0.562. The fourth-order valence-corrected chi connectivity index (χ4v) is 2.79. The minimum absolute atomic E-state index is 0.0710. The molecule has 1 N–H and O–H groups in total. The molecule has 1 heterocycles. The Morgan fingerprint density at radius 2 is 1.95 bits per heavy atom. The van der Waals surface area contributed by atoms with Crippen molar-refractivity contribution in [3.63, 3.8) is 0 Å². The fourth-order valence-electron chi connectivity index (χ4n) is 2.79. The molecule has 1 aromatic carbocycles. The van der Waals surface area contributed by atoms with Gasteiger partial charge in [0, 0.05) is 32.2 Å². The Hall–Kier alpha value is -1.66. The Morgan fingerprint density at radius 1 is 1.32 bits per heavy atom. The van der Waals surface area contributed by atoms with Crippen molar-refractivity contribution in [2.75, 3.05) is 46.9 Å². The SMILES string of the molecule is CN(C)C[C@@H]1CN(C(=O)COc2ccc(F)cc2)C[C@@H]1CO. The van der Waals surface area contributed by atoms with E-state index in [9.17, 15) is 14.3 Å². The second-order valence-electron chi connectivity index (χ2n) is 6.01. The zero-order valence-electron chi connectivity index (χ0n) is 13.0. The van der Waals surface area contributed by atoms with Gasteiger partial charge < -0.3 is 19.6 Å². The van der Waals surface area contributed by atoms with Gasteiger partial charge in [0.15, 0.2) is 6.61 Å². The van der Waals surface area contributed by atoms with Crippen LogP contribution in [0.15, 0.2) is 24.3 Å². The molecule has 0 aromatic heterocycles. The number of benzene rings is 1. The van der Waals surface area contributed by atoms with Gasteiger partial charge in [0.25, 0.3) is 5.91 Å². The van der Waals surface area contributed by atoms with Crippen molar-refractivity contribution >= 4 is 5.91 Å². The lowest BCUT2D eigenvalue weighted by Gasteiger charge is -2.20. The smallest absolute Gasteiger partial charge is 0.260 e.